The second-order valence-corrected chi connectivity index (χ2v) is 7.09. The van der Waals surface area contributed by atoms with Crippen LogP contribution < -0.4 is 5.32 Å². The topological polar surface area (TPSA) is 55.4 Å². The van der Waals surface area contributed by atoms with Gasteiger partial charge in [0.2, 0.25) is 0 Å². The van der Waals surface area contributed by atoms with E-state index in [1.165, 1.54) is 6.26 Å². The van der Waals surface area contributed by atoms with Crippen LogP contribution in [0.15, 0.2) is 0 Å². The molecule has 0 aromatic heterocycles. The summed E-state index contributed by atoms with van der Waals surface area (Å²) in [5.41, 5.74) is 0. The average molecular weight is 263 g/mol. The molecule has 0 aromatic carbocycles. The maximum Gasteiger partial charge on any atom is 0.151 e. The summed E-state index contributed by atoms with van der Waals surface area (Å²) in [7, 11) is -2.91. The highest BCUT2D eigenvalue weighted by atomic mass is 32.2. The van der Waals surface area contributed by atoms with E-state index in [1.807, 2.05) is 0 Å². The first kappa shape index (κ1) is 14.9. The first-order valence-electron chi connectivity index (χ1n) is 6.55. The smallest absolute Gasteiger partial charge is 0.151 e. The van der Waals surface area contributed by atoms with Crippen molar-refractivity contribution in [3.8, 4) is 0 Å². The first-order valence-corrected chi connectivity index (χ1v) is 8.51. The van der Waals surface area contributed by atoms with Crippen LogP contribution in [0.1, 0.15) is 39.0 Å². The Morgan fingerprint density at radius 1 is 1.29 bits per heavy atom. The van der Waals surface area contributed by atoms with Gasteiger partial charge in [0.25, 0.3) is 0 Å². The van der Waals surface area contributed by atoms with E-state index in [0.717, 1.165) is 45.3 Å². The van der Waals surface area contributed by atoms with E-state index < -0.39 is 9.84 Å². The standard InChI is InChI=1S/C12H25NO3S/c1-3-4-9-16-10-8-13-11-6-5-7-12(11)17(2,14)15/h11-13H,3-10H2,1-2H3. The molecule has 4 nitrogen and oxygen atoms in total. The summed E-state index contributed by atoms with van der Waals surface area (Å²) in [4.78, 5) is 0. The number of hydrogen-bond donors (Lipinski definition) is 1. The highest BCUT2D eigenvalue weighted by molar-refractivity contribution is 7.91. The van der Waals surface area contributed by atoms with Gasteiger partial charge in [-0.1, -0.05) is 19.8 Å². The van der Waals surface area contributed by atoms with E-state index in [-0.39, 0.29) is 11.3 Å². The molecule has 0 aromatic rings. The van der Waals surface area contributed by atoms with Crippen LogP contribution in [-0.2, 0) is 14.6 Å². The molecular weight excluding hydrogens is 238 g/mol. The fraction of sp³-hybridized carbons (Fsp3) is 1.00. The lowest BCUT2D eigenvalue weighted by atomic mass is 10.2. The lowest BCUT2D eigenvalue weighted by Gasteiger charge is -2.19. The van der Waals surface area contributed by atoms with Gasteiger partial charge < -0.3 is 10.1 Å². The van der Waals surface area contributed by atoms with Crippen LogP contribution >= 0.6 is 0 Å². The number of sulfone groups is 1. The minimum Gasteiger partial charge on any atom is -0.380 e. The molecule has 5 heteroatoms. The minimum atomic E-state index is -2.91. The summed E-state index contributed by atoms with van der Waals surface area (Å²) in [6.45, 7) is 4.36. The first-order chi connectivity index (χ1) is 8.05. The zero-order chi connectivity index (χ0) is 12.7. The van der Waals surface area contributed by atoms with Crippen LogP contribution in [0.4, 0.5) is 0 Å². The quantitative estimate of drug-likeness (QED) is 0.672. The van der Waals surface area contributed by atoms with Crippen LogP contribution in [0.5, 0.6) is 0 Å². The Kier molecular flexibility index (Phi) is 6.44. The van der Waals surface area contributed by atoms with E-state index in [4.69, 9.17) is 4.74 Å². The minimum absolute atomic E-state index is 0.125. The highest BCUT2D eigenvalue weighted by Crippen LogP contribution is 2.24. The molecule has 2 unspecified atom stereocenters. The molecule has 1 aliphatic carbocycles. The van der Waals surface area contributed by atoms with Gasteiger partial charge in [0, 0.05) is 25.4 Å². The van der Waals surface area contributed by atoms with Gasteiger partial charge in [-0.15, -0.1) is 0 Å². The summed E-state index contributed by atoms with van der Waals surface area (Å²) in [6.07, 6.45) is 6.35. The summed E-state index contributed by atoms with van der Waals surface area (Å²) >= 11 is 0. The third kappa shape index (κ3) is 5.36. The van der Waals surface area contributed by atoms with E-state index in [0.29, 0.717) is 6.61 Å². The summed E-state index contributed by atoms with van der Waals surface area (Å²) < 4.78 is 28.5. The second kappa shape index (κ2) is 7.34. The van der Waals surface area contributed by atoms with Gasteiger partial charge in [0.1, 0.15) is 0 Å². The molecule has 1 saturated carbocycles. The molecule has 17 heavy (non-hydrogen) atoms. The molecule has 102 valence electrons. The predicted octanol–water partition coefficient (Wildman–Crippen LogP) is 1.36. The van der Waals surface area contributed by atoms with Gasteiger partial charge in [-0.05, 0) is 19.3 Å². The lowest BCUT2D eigenvalue weighted by Crippen LogP contribution is -2.41. The van der Waals surface area contributed by atoms with Crippen molar-refractivity contribution >= 4 is 9.84 Å². The van der Waals surface area contributed by atoms with Gasteiger partial charge in [-0.25, -0.2) is 8.42 Å². The van der Waals surface area contributed by atoms with E-state index in [1.54, 1.807) is 0 Å². The molecule has 1 N–H and O–H groups in total. The molecule has 1 aliphatic rings. The maximum absolute atomic E-state index is 11.5. The Morgan fingerprint density at radius 3 is 2.71 bits per heavy atom. The third-order valence-electron chi connectivity index (χ3n) is 3.30. The molecule has 0 aliphatic heterocycles. The Hall–Kier alpha value is -0.130. The van der Waals surface area contributed by atoms with Crippen LogP contribution in [0.2, 0.25) is 0 Å². The van der Waals surface area contributed by atoms with Crippen LogP contribution in [-0.4, -0.2) is 45.7 Å². The molecule has 0 spiro atoms. The van der Waals surface area contributed by atoms with Gasteiger partial charge in [-0.3, -0.25) is 0 Å². The van der Waals surface area contributed by atoms with Gasteiger partial charge >= 0.3 is 0 Å². The maximum atomic E-state index is 11.5. The van der Waals surface area contributed by atoms with Crippen molar-refractivity contribution in [1.29, 1.82) is 0 Å². The zero-order valence-corrected chi connectivity index (χ0v) is 11.8. The fourth-order valence-corrected chi connectivity index (χ4v) is 3.76. The Balaban J connectivity index is 2.18. The molecule has 0 saturated heterocycles. The van der Waals surface area contributed by atoms with E-state index >= 15 is 0 Å². The summed E-state index contributed by atoms with van der Waals surface area (Å²) in [6, 6.07) is 0.125. The second-order valence-electron chi connectivity index (χ2n) is 4.83. The molecule has 1 fully saturated rings. The van der Waals surface area contributed by atoms with Gasteiger partial charge in [0.05, 0.1) is 11.9 Å². The molecule has 0 heterocycles. The predicted molar refractivity (Wildman–Crippen MR) is 70.0 cm³/mol. The van der Waals surface area contributed by atoms with Crippen molar-refractivity contribution in [2.75, 3.05) is 26.0 Å². The van der Waals surface area contributed by atoms with Crippen molar-refractivity contribution in [3.63, 3.8) is 0 Å². The fourth-order valence-electron chi connectivity index (χ4n) is 2.34. The van der Waals surface area contributed by atoms with Crippen LogP contribution in [0, 0.1) is 0 Å². The highest BCUT2D eigenvalue weighted by Gasteiger charge is 2.34. The summed E-state index contributed by atoms with van der Waals surface area (Å²) in [5, 5.41) is 3.11. The molecule has 0 amide bonds. The van der Waals surface area contributed by atoms with Crippen LogP contribution in [0.3, 0.4) is 0 Å². The number of rotatable bonds is 8. The van der Waals surface area contributed by atoms with Crippen molar-refractivity contribution in [1.82, 2.24) is 5.32 Å². The van der Waals surface area contributed by atoms with Gasteiger partial charge in [-0.2, -0.15) is 0 Å². The Labute approximate surface area is 105 Å². The van der Waals surface area contributed by atoms with Crippen molar-refractivity contribution in [2.24, 2.45) is 0 Å². The SMILES string of the molecule is CCCCOCCNC1CCCC1S(C)(=O)=O. The summed E-state index contributed by atoms with van der Waals surface area (Å²) in [5.74, 6) is 0. The van der Waals surface area contributed by atoms with Crippen molar-refractivity contribution in [2.45, 2.75) is 50.3 Å². The zero-order valence-electron chi connectivity index (χ0n) is 10.9. The monoisotopic (exact) mass is 263 g/mol. The number of hydrogen-bond acceptors (Lipinski definition) is 4. The largest absolute Gasteiger partial charge is 0.380 e. The number of unbranched alkanes of at least 4 members (excludes halogenated alkanes) is 1. The molecular formula is C12H25NO3S. The molecule has 0 bridgehead atoms. The van der Waals surface area contributed by atoms with Gasteiger partial charge in [0.15, 0.2) is 9.84 Å². The molecule has 0 radical (unpaired) electrons. The lowest BCUT2D eigenvalue weighted by molar-refractivity contribution is 0.131. The van der Waals surface area contributed by atoms with Crippen molar-refractivity contribution in [3.05, 3.63) is 0 Å². The molecule has 2 atom stereocenters. The van der Waals surface area contributed by atoms with Crippen LogP contribution in [0.25, 0.3) is 0 Å². The number of ether oxygens (including phenoxy) is 1. The average Bonchev–Trinajstić information content (AvgIpc) is 2.71. The normalized spacial score (nSPS) is 25.3. The van der Waals surface area contributed by atoms with Crippen molar-refractivity contribution < 1.29 is 13.2 Å². The van der Waals surface area contributed by atoms with E-state index in [9.17, 15) is 8.42 Å². The molecule has 1 rings (SSSR count). The Bertz CT molecular complexity index is 303. The number of nitrogens with one attached hydrogen (secondary N) is 1. The third-order valence-corrected chi connectivity index (χ3v) is 4.96. The van der Waals surface area contributed by atoms with E-state index in [2.05, 4.69) is 12.2 Å². The Morgan fingerprint density at radius 2 is 2.06 bits per heavy atom.